The molecule has 0 amide bonds. The molecule has 1 fully saturated rings. The molecule has 88 valence electrons. The molecule has 0 aromatic rings. The highest BCUT2D eigenvalue weighted by atomic mass is 16.5. The van der Waals surface area contributed by atoms with Crippen molar-refractivity contribution >= 4 is 5.78 Å². The molecule has 0 aliphatic heterocycles. The van der Waals surface area contributed by atoms with Crippen molar-refractivity contribution in [2.45, 2.75) is 71.5 Å². The Morgan fingerprint density at radius 1 is 1.20 bits per heavy atom. The summed E-state index contributed by atoms with van der Waals surface area (Å²) in [5, 5.41) is 0. The van der Waals surface area contributed by atoms with Crippen molar-refractivity contribution in [3.8, 4) is 0 Å². The van der Waals surface area contributed by atoms with Crippen LogP contribution in [0.25, 0.3) is 0 Å². The molecule has 0 radical (unpaired) electrons. The average molecular weight is 212 g/mol. The van der Waals surface area contributed by atoms with E-state index in [-0.39, 0.29) is 17.6 Å². The van der Waals surface area contributed by atoms with Gasteiger partial charge in [-0.25, -0.2) is 0 Å². The Morgan fingerprint density at radius 3 is 2.13 bits per heavy atom. The number of carbonyl (C=O) groups excluding carboxylic acids is 1. The number of hydrogen-bond donors (Lipinski definition) is 0. The number of ether oxygens (including phenoxy) is 1. The summed E-state index contributed by atoms with van der Waals surface area (Å²) in [6, 6.07) is 0. The van der Waals surface area contributed by atoms with Crippen molar-refractivity contribution in [3.63, 3.8) is 0 Å². The fourth-order valence-electron chi connectivity index (χ4n) is 2.38. The number of hydrogen-bond acceptors (Lipinski definition) is 2. The molecule has 1 aliphatic carbocycles. The summed E-state index contributed by atoms with van der Waals surface area (Å²) in [7, 11) is 0. The van der Waals surface area contributed by atoms with Crippen LogP contribution < -0.4 is 0 Å². The van der Waals surface area contributed by atoms with Crippen LogP contribution in [0.15, 0.2) is 0 Å². The Hall–Kier alpha value is -0.370. The van der Waals surface area contributed by atoms with Crippen LogP contribution in [0.1, 0.15) is 59.8 Å². The fourth-order valence-corrected chi connectivity index (χ4v) is 2.38. The molecule has 0 heterocycles. The lowest BCUT2D eigenvalue weighted by Gasteiger charge is -2.31. The standard InChI is InChI=1S/C13H24O2/c1-10(2)12(14)9-13(15-11(3)4)7-5-6-8-13/h10-11H,5-9H2,1-4H3. The van der Waals surface area contributed by atoms with Crippen molar-refractivity contribution in [1.82, 2.24) is 0 Å². The van der Waals surface area contributed by atoms with E-state index in [4.69, 9.17) is 4.74 Å². The second kappa shape index (κ2) is 5.11. The lowest BCUT2D eigenvalue weighted by Crippen LogP contribution is -2.35. The smallest absolute Gasteiger partial charge is 0.138 e. The van der Waals surface area contributed by atoms with E-state index in [1.165, 1.54) is 12.8 Å². The van der Waals surface area contributed by atoms with Crippen LogP contribution >= 0.6 is 0 Å². The molecule has 0 aromatic carbocycles. The van der Waals surface area contributed by atoms with E-state index < -0.39 is 0 Å². The van der Waals surface area contributed by atoms with Crippen LogP contribution in [-0.2, 0) is 9.53 Å². The maximum absolute atomic E-state index is 11.8. The molecule has 1 rings (SSSR count). The van der Waals surface area contributed by atoms with Crippen molar-refractivity contribution in [2.75, 3.05) is 0 Å². The fraction of sp³-hybridized carbons (Fsp3) is 0.923. The zero-order chi connectivity index (χ0) is 11.5. The lowest BCUT2D eigenvalue weighted by atomic mass is 9.90. The molecule has 2 nitrogen and oxygen atoms in total. The van der Waals surface area contributed by atoms with Crippen molar-refractivity contribution in [3.05, 3.63) is 0 Å². The van der Waals surface area contributed by atoms with Gasteiger partial charge in [0.25, 0.3) is 0 Å². The molecule has 0 atom stereocenters. The summed E-state index contributed by atoms with van der Waals surface area (Å²) >= 11 is 0. The minimum Gasteiger partial charge on any atom is -0.372 e. The second-order valence-corrected chi connectivity index (χ2v) is 5.35. The highest BCUT2D eigenvalue weighted by Crippen LogP contribution is 2.37. The van der Waals surface area contributed by atoms with E-state index >= 15 is 0 Å². The summed E-state index contributed by atoms with van der Waals surface area (Å²) in [4.78, 5) is 11.8. The summed E-state index contributed by atoms with van der Waals surface area (Å²) in [6.07, 6.45) is 5.37. The van der Waals surface area contributed by atoms with Gasteiger partial charge in [-0.1, -0.05) is 26.7 Å². The maximum Gasteiger partial charge on any atom is 0.138 e. The van der Waals surface area contributed by atoms with Gasteiger partial charge in [-0.15, -0.1) is 0 Å². The van der Waals surface area contributed by atoms with E-state index in [0.29, 0.717) is 12.2 Å². The second-order valence-electron chi connectivity index (χ2n) is 5.35. The van der Waals surface area contributed by atoms with Crippen LogP contribution in [0.2, 0.25) is 0 Å². The zero-order valence-corrected chi connectivity index (χ0v) is 10.5. The van der Waals surface area contributed by atoms with Gasteiger partial charge in [-0.3, -0.25) is 4.79 Å². The topological polar surface area (TPSA) is 26.3 Å². The Bertz CT molecular complexity index is 213. The molecule has 2 heteroatoms. The van der Waals surface area contributed by atoms with Gasteiger partial charge in [0.05, 0.1) is 11.7 Å². The average Bonchev–Trinajstić information content (AvgIpc) is 2.51. The Balaban J connectivity index is 2.61. The van der Waals surface area contributed by atoms with E-state index in [0.717, 1.165) is 12.8 Å². The maximum atomic E-state index is 11.8. The minimum atomic E-state index is -0.129. The zero-order valence-electron chi connectivity index (χ0n) is 10.5. The van der Waals surface area contributed by atoms with E-state index in [9.17, 15) is 4.79 Å². The van der Waals surface area contributed by atoms with Crippen LogP contribution in [0, 0.1) is 5.92 Å². The molecular formula is C13H24O2. The van der Waals surface area contributed by atoms with Gasteiger partial charge < -0.3 is 4.74 Å². The van der Waals surface area contributed by atoms with Gasteiger partial charge in [0.1, 0.15) is 5.78 Å². The largest absolute Gasteiger partial charge is 0.372 e. The highest BCUT2D eigenvalue weighted by molar-refractivity contribution is 5.81. The van der Waals surface area contributed by atoms with Crippen LogP contribution in [0.4, 0.5) is 0 Å². The van der Waals surface area contributed by atoms with Crippen LogP contribution in [0.3, 0.4) is 0 Å². The number of carbonyl (C=O) groups is 1. The molecule has 0 saturated heterocycles. The van der Waals surface area contributed by atoms with Gasteiger partial charge in [0.15, 0.2) is 0 Å². The van der Waals surface area contributed by atoms with Crippen molar-refractivity contribution in [1.29, 1.82) is 0 Å². The molecule has 1 saturated carbocycles. The highest BCUT2D eigenvalue weighted by Gasteiger charge is 2.37. The van der Waals surface area contributed by atoms with Gasteiger partial charge in [-0.05, 0) is 26.7 Å². The number of Topliss-reactive ketones (excluding diaryl/α,β-unsaturated/α-hetero) is 1. The van der Waals surface area contributed by atoms with Gasteiger partial charge in [0.2, 0.25) is 0 Å². The first kappa shape index (κ1) is 12.7. The number of ketones is 1. The Kier molecular flexibility index (Phi) is 4.32. The third-order valence-corrected chi connectivity index (χ3v) is 3.14. The molecule has 0 unspecified atom stereocenters. The molecule has 0 bridgehead atoms. The van der Waals surface area contributed by atoms with Crippen molar-refractivity contribution < 1.29 is 9.53 Å². The molecular weight excluding hydrogens is 188 g/mol. The van der Waals surface area contributed by atoms with E-state index in [1.54, 1.807) is 0 Å². The predicted molar refractivity (Wildman–Crippen MR) is 61.9 cm³/mol. The normalized spacial score (nSPS) is 20.1. The quantitative estimate of drug-likeness (QED) is 0.698. The van der Waals surface area contributed by atoms with E-state index in [2.05, 4.69) is 13.8 Å². The third-order valence-electron chi connectivity index (χ3n) is 3.14. The molecule has 0 N–H and O–H groups in total. The van der Waals surface area contributed by atoms with E-state index in [1.807, 2.05) is 13.8 Å². The van der Waals surface area contributed by atoms with Gasteiger partial charge >= 0.3 is 0 Å². The molecule has 0 aromatic heterocycles. The molecule has 1 aliphatic rings. The monoisotopic (exact) mass is 212 g/mol. The first-order chi connectivity index (χ1) is 6.95. The summed E-state index contributed by atoms with van der Waals surface area (Å²) in [5.41, 5.74) is -0.129. The lowest BCUT2D eigenvalue weighted by molar-refractivity contribution is -0.133. The number of rotatable bonds is 5. The first-order valence-corrected chi connectivity index (χ1v) is 6.16. The first-order valence-electron chi connectivity index (χ1n) is 6.16. The van der Waals surface area contributed by atoms with Crippen molar-refractivity contribution in [2.24, 2.45) is 5.92 Å². The minimum absolute atomic E-state index is 0.129. The Morgan fingerprint density at radius 2 is 1.73 bits per heavy atom. The molecule has 0 spiro atoms. The summed E-state index contributed by atoms with van der Waals surface area (Å²) < 4.78 is 6.00. The van der Waals surface area contributed by atoms with Crippen LogP contribution in [-0.4, -0.2) is 17.5 Å². The van der Waals surface area contributed by atoms with Gasteiger partial charge in [0, 0.05) is 12.3 Å². The van der Waals surface area contributed by atoms with Crippen LogP contribution in [0.5, 0.6) is 0 Å². The Labute approximate surface area is 93.4 Å². The predicted octanol–water partition coefficient (Wildman–Crippen LogP) is 3.34. The molecule has 15 heavy (non-hydrogen) atoms. The van der Waals surface area contributed by atoms with Gasteiger partial charge in [-0.2, -0.15) is 0 Å². The SMILES string of the molecule is CC(C)OC1(CC(=O)C(C)C)CCCC1. The summed E-state index contributed by atoms with van der Waals surface area (Å²) in [6.45, 7) is 8.06. The third kappa shape index (κ3) is 3.60. The summed E-state index contributed by atoms with van der Waals surface area (Å²) in [5.74, 6) is 0.482.